The molecule has 0 bridgehead atoms. The predicted molar refractivity (Wildman–Crippen MR) is 115 cm³/mol. The topological polar surface area (TPSA) is 9.23 Å². The van der Waals surface area contributed by atoms with Crippen molar-refractivity contribution in [2.45, 2.75) is 71.3 Å². The predicted octanol–water partition coefficient (Wildman–Crippen LogP) is 6.23. The van der Waals surface area contributed by atoms with Crippen LogP contribution in [0.25, 0.3) is 0 Å². The van der Waals surface area contributed by atoms with Gasteiger partial charge in [0.1, 0.15) is 6.10 Å². The van der Waals surface area contributed by atoms with Crippen molar-refractivity contribution < 1.29 is 4.74 Å². The Bertz CT molecular complexity index is 635. The van der Waals surface area contributed by atoms with Gasteiger partial charge in [-0.2, -0.15) is 0 Å². The number of fused-ring (bicyclic) bond motifs is 5. The normalized spacial score (nSPS) is 46.6. The van der Waals surface area contributed by atoms with E-state index in [2.05, 4.69) is 31.9 Å². The minimum atomic E-state index is 0.294. The zero-order chi connectivity index (χ0) is 18.4. The standard InChI is InChI=1S/C23H32OS2/c1-4-15-26-21(25)24-20-11-10-18-17-9-8-16-7-5-6-13-22(16,2)19(17)12-14-23(18,20)3/h1,5-6,16-20H,7-15H2,2-3H3/t16-,17+,18+,19+,20+,22+,23+/m1/s1. The highest BCUT2D eigenvalue weighted by atomic mass is 32.2. The molecule has 0 aromatic heterocycles. The molecule has 4 aliphatic rings. The summed E-state index contributed by atoms with van der Waals surface area (Å²) >= 11 is 6.95. The second kappa shape index (κ2) is 7.17. The van der Waals surface area contributed by atoms with Crippen molar-refractivity contribution in [1.82, 2.24) is 0 Å². The molecular weight excluding hydrogens is 356 g/mol. The van der Waals surface area contributed by atoms with Crippen LogP contribution in [0.2, 0.25) is 0 Å². The van der Waals surface area contributed by atoms with E-state index in [9.17, 15) is 0 Å². The second-order valence-corrected chi connectivity index (χ2v) is 11.1. The van der Waals surface area contributed by atoms with E-state index >= 15 is 0 Å². The molecule has 26 heavy (non-hydrogen) atoms. The Morgan fingerprint density at radius 3 is 2.77 bits per heavy atom. The van der Waals surface area contributed by atoms with Crippen molar-refractivity contribution >= 4 is 28.4 Å². The van der Waals surface area contributed by atoms with Gasteiger partial charge < -0.3 is 4.74 Å². The lowest BCUT2D eigenvalue weighted by Gasteiger charge is -2.59. The number of ether oxygens (including phenoxy) is 1. The van der Waals surface area contributed by atoms with E-state index < -0.39 is 0 Å². The summed E-state index contributed by atoms with van der Waals surface area (Å²) < 4.78 is 6.94. The fourth-order valence-electron chi connectivity index (χ4n) is 7.23. The molecule has 0 aromatic rings. The highest BCUT2D eigenvalue weighted by Gasteiger charge is 2.60. The molecule has 3 fully saturated rings. The fourth-order valence-corrected chi connectivity index (χ4v) is 7.91. The van der Waals surface area contributed by atoms with Crippen molar-refractivity contribution in [3.63, 3.8) is 0 Å². The third-order valence-corrected chi connectivity index (χ3v) is 9.73. The van der Waals surface area contributed by atoms with Gasteiger partial charge in [0.25, 0.3) is 0 Å². The summed E-state index contributed by atoms with van der Waals surface area (Å²) in [6, 6.07) is 0. The molecule has 0 aliphatic heterocycles. The molecule has 0 heterocycles. The maximum Gasteiger partial charge on any atom is 0.221 e. The quantitative estimate of drug-likeness (QED) is 0.315. The molecule has 7 atom stereocenters. The Balaban J connectivity index is 1.50. The molecular formula is C23H32OS2. The summed E-state index contributed by atoms with van der Waals surface area (Å²) in [7, 11) is 0. The molecule has 3 saturated carbocycles. The number of thioether (sulfide) groups is 1. The minimum absolute atomic E-state index is 0.294. The minimum Gasteiger partial charge on any atom is -0.475 e. The Morgan fingerprint density at radius 1 is 1.15 bits per heavy atom. The van der Waals surface area contributed by atoms with Gasteiger partial charge in [-0.1, -0.05) is 43.7 Å². The van der Waals surface area contributed by atoms with Crippen LogP contribution in [0.3, 0.4) is 0 Å². The molecule has 0 spiro atoms. The number of allylic oxidation sites excluding steroid dienone is 2. The monoisotopic (exact) mass is 388 g/mol. The first-order chi connectivity index (χ1) is 12.5. The lowest BCUT2D eigenvalue weighted by molar-refractivity contribution is -0.106. The van der Waals surface area contributed by atoms with Gasteiger partial charge in [0.15, 0.2) is 0 Å². The number of hydrogen-bond donors (Lipinski definition) is 0. The average molecular weight is 389 g/mol. The van der Waals surface area contributed by atoms with Crippen molar-refractivity contribution in [1.29, 1.82) is 0 Å². The molecule has 4 rings (SSSR count). The van der Waals surface area contributed by atoms with Crippen molar-refractivity contribution in [3.8, 4) is 12.3 Å². The SMILES string of the molecule is C#CCSC(=S)O[C@H]1CC[C@H]2[C@@H]3CC[C@H]4CC=CC[C@]4(C)[C@H]3CC[C@]12C. The lowest BCUT2D eigenvalue weighted by atomic mass is 9.46. The van der Waals surface area contributed by atoms with Crippen molar-refractivity contribution in [2.24, 2.45) is 34.5 Å². The molecule has 0 aromatic carbocycles. The molecule has 3 heteroatoms. The van der Waals surface area contributed by atoms with Crippen LogP contribution in [0, 0.1) is 46.8 Å². The summed E-state index contributed by atoms with van der Waals surface area (Å²) in [5, 5.41) is 0. The largest absolute Gasteiger partial charge is 0.475 e. The van der Waals surface area contributed by atoms with E-state index in [0.717, 1.165) is 23.7 Å². The van der Waals surface area contributed by atoms with Crippen LogP contribution in [-0.2, 0) is 4.74 Å². The lowest BCUT2D eigenvalue weighted by Crippen LogP contribution is -2.53. The number of hydrogen-bond acceptors (Lipinski definition) is 3. The maximum absolute atomic E-state index is 6.29. The first-order valence-electron chi connectivity index (χ1n) is 10.4. The van der Waals surface area contributed by atoms with E-state index in [1.54, 1.807) is 0 Å². The maximum atomic E-state index is 6.29. The van der Waals surface area contributed by atoms with Gasteiger partial charge in [-0.05, 0) is 92.7 Å². The van der Waals surface area contributed by atoms with Crippen LogP contribution in [0.15, 0.2) is 12.2 Å². The van der Waals surface area contributed by atoms with Gasteiger partial charge in [-0.25, -0.2) is 0 Å². The molecule has 0 radical (unpaired) electrons. The van der Waals surface area contributed by atoms with Gasteiger partial charge in [-0.3, -0.25) is 0 Å². The zero-order valence-corrected chi connectivity index (χ0v) is 17.8. The molecule has 142 valence electrons. The molecule has 0 N–H and O–H groups in total. The van der Waals surface area contributed by atoms with Gasteiger partial charge in [0.2, 0.25) is 4.38 Å². The highest BCUT2D eigenvalue weighted by Crippen LogP contribution is 2.66. The molecule has 0 amide bonds. The Kier molecular flexibility index (Phi) is 5.21. The van der Waals surface area contributed by atoms with Crippen molar-refractivity contribution in [2.75, 3.05) is 5.75 Å². The van der Waals surface area contributed by atoms with E-state index in [4.69, 9.17) is 23.4 Å². The van der Waals surface area contributed by atoms with Crippen LogP contribution in [0.1, 0.15) is 65.2 Å². The Hall–Kier alpha value is -0.460. The summed E-state index contributed by atoms with van der Waals surface area (Å²) in [5.74, 6) is 6.79. The summed E-state index contributed by atoms with van der Waals surface area (Å²) in [5.41, 5.74) is 0.839. The van der Waals surface area contributed by atoms with Crippen LogP contribution in [-0.4, -0.2) is 16.2 Å². The first-order valence-corrected chi connectivity index (χ1v) is 11.8. The average Bonchev–Trinajstić information content (AvgIpc) is 2.96. The van der Waals surface area contributed by atoms with E-state index in [-0.39, 0.29) is 0 Å². The number of rotatable bonds is 2. The number of thiocarbonyl (C=S) groups is 1. The summed E-state index contributed by atoms with van der Waals surface area (Å²) in [6.07, 6.45) is 21.2. The van der Waals surface area contributed by atoms with Crippen LogP contribution < -0.4 is 0 Å². The Morgan fingerprint density at radius 2 is 1.96 bits per heavy atom. The molecule has 0 saturated heterocycles. The highest BCUT2D eigenvalue weighted by molar-refractivity contribution is 8.22. The smallest absolute Gasteiger partial charge is 0.221 e. The zero-order valence-electron chi connectivity index (χ0n) is 16.2. The van der Waals surface area contributed by atoms with Gasteiger partial charge >= 0.3 is 0 Å². The van der Waals surface area contributed by atoms with Crippen LogP contribution in [0.5, 0.6) is 0 Å². The van der Waals surface area contributed by atoms with Gasteiger partial charge in [0, 0.05) is 5.41 Å². The first kappa shape index (κ1) is 18.9. The molecule has 4 aliphatic carbocycles. The van der Waals surface area contributed by atoms with E-state index in [1.165, 1.54) is 63.1 Å². The van der Waals surface area contributed by atoms with E-state index in [1.807, 2.05) is 0 Å². The third-order valence-electron chi connectivity index (χ3n) is 8.64. The fraction of sp³-hybridized carbons (Fsp3) is 0.783. The van der Waals surface area contributed by atoms with E-state index in [0.29, 0.717) is 27.1 Å². The van der Waals surface area contributed by atoms with Gasteiger partial charge in [0.05, 0.1) is 5.75 Å². The van der Waals surface area contributed by atoms with Crippen molar-refractivity contribution in [3.05, 3.63) is 12.2 Å². The molecule has 0 unspecified atom stereocenters. The molecule has 1 nitrogen and oxygen atoms in total. The number of terminal acetylenes is 1. The summed E-state index contributed by atoms with van der Waals surface area (Å²) in [4.78, 5) is 0. The van der Waals surface area contributed by atoms with Crippen LogP contribution in [0.4, 0.5) is 0 Å². The Labute approximate surface area is 169 Å². The van der Waals surface area contributed by atoms with Gasteiger partial charge in [-0.15, -0.1) is 6.42 Å². The summed E-state index contributed by atoms with van der Waals surface area (Å²) in [6.45, 7) is 5.10. The second-order valence-electron chi connectivity index (χ2n) is 9.54. The van der Waals surface area contributed by atoms with Crippen LogP contribution >= 0.6 is 24.0 Å². The third kappa shape index (κ3) is 2.96.